The van der Waals surface area contributed by atoms with E-state index in [1.165, 1.54) is 6.08 Å². The number of nitrogens with zero attached hydrogens (tertiary/aromatic N) is 1. The molecule has 2 rings (SSSR count). The van der Waals surface area contributed by atoms with Crippen LogP contribution in [0.25, 0.3) is 6.08 Å². The van der Waals surface area contributed by atoms with Crippen LogP contribution in [-0.2, 0) is 4.84 Å². The minimum Gasteiger partial charge on any atom is -0.490 e. The van der Waals surface area contributed by atoms with Crippen LogP contribution < -0.4 is 19.7 Å². The lowest BCUT2D eigenvalue weighted by Gasteiger charge is -2.12. The van der Waals surface area contributed by atoms with Gasteiger partial charge in [-0.2, -0.15) is 0 Å². The monoisotopic (exact) mass is 506 g/mol. The fourth-order valence-electron chi connectivity index (χ4n) is 2.29. The molecule has 0 spiro atoms. The second-order valence-corrected chi connectivity index (χ2v) is 7.83. The molecular weight excluding hydrogens is 486 g/mol. The number of hydroxylamine groups is 1. The summed E-state index contributed by atoms with van der Waals surface area (Å²) in [4.78, 5) is 8.96. The quantitative estimate of drug-likeness (QED) is 0.248. The maximum atomic E-state index is 6.24. The first kappa shape index (κ1) is 25.4. The normalized spacial score (nSPS) is 10.7. The van der Waals surface area contributed by atoms with Crippen LogP contribution in [0.5, 0.6) is 17.4 Å². The fraction of sp³-hybridized carbons (Fsp3) is 0.286. The van der Waals surface area contributed by atoms with Crippen LogP contribution in [-0.4, -0.2) is 31.9 Å². The molecule has 0 unspecified atom stereocenters. The Kier molecular flexibility index (Phi) is 11.7. The Morgan fingerprint density at radius 1 is 1.03 bits per heavy atom. The molecule has 1 N–H and O–H groups in total. The van der Waals surface area contributed by atoms with E-state index in [1.807, 2.05) is 18.2 Å². The molecule has 0 aliphatic heterocycles. The van der Waals surface area contributed by atoms with Gasteiger partial charge in [0, 0.05) is 30.6 Å². The number of nitrogens with one attached hydrogen (secondary N) is 1. The zero-order valence-corrected chi connectivity index (χ0v) is 19.8. The van der Waals surface area contributed by atoms with E-state index in [9.17, 15) is 0 Å². The molecule has 2 aromatic rings. The molecule has 0 aliphatic rings. The van der Waals surface area contributed by atoms with Gasteiger partial charge in [0.2, 0.25) is 5.88 Å². The average Bonchev–Trinajstić information content (AvgIpc) is 2.73. The fourth-order valence-corrected chi connectivity index (χ4v) is 2.99. The third kappa shape index (κ3) is 9.89. The van der Waals surface area contributed by atoms with Gasteiger partial charge in [0.05, 0.1) is 30.4 Å². The molecule has 0 atom stereocenters. The summed E-state index contributed by atoms with van der Waals surface area (Å²) in [5.41, 5.74) is 3.54. The molecule has 1 heterocycles. The van der Waals surface area contributed by atoms with Crippen molar-refractivity contribution in [2.45, 2.75) is 12.8 Å². The van der Waals surface area contributed by atoms with Gasteiger partial charge in [0.25, 0.3) is 0 Å². The molecular formula is C21H22Cl4N2O4. The SMILES string of the molecule is CONC=Cc1ccc(OCCCCOc2c(Cl)cc(OCC=C(Cl)Cl)cc2Cl)nc1. The van der Waals surface area contributed by atoms with Crippen molar-refractivity contribution in [2.75, 3.05) is 26.9 Å². The molecule has 0 bridgehead atoms. The summed E-state index contributed by atoms with van der Waals surface area (Å²) >= 11 is 23.6. The number of halogens is 4. The molecule has 0 saturated carbocycles. The number of hydrogen-bond donors (Lipinski definition) is 1. The summed E-state index contributed by atoms with van der Waals surface area (Å²) in [5, 5.41) is 0.720. The lowest BCUT2D eigenvalue weighted by molar-refractivity contribution is 0.129. The van der Waals surface area contributed by atoms with E-state index >= 15 is 0 Å². The number of unbranched alkanes of at least 4 members (excludes halogenated alkanes) is 1. The number of hydrogen-bond acceptors (Lipinski definition) is 6. The first-order chi connectivity index (χ1) is 15.0. The predicted octanol–water partition coefficient (Wildman–Crippen LogP) is 6.45. The Morgan fingerprint density at radius 3 is 2.35 bits per heavy atom. The van der Waals surface area contributed by atoms with Crippen LogP contribution in [0.1, 0.15) is 18.4 Å². The molecule has 31 heavy (non-hydrogen) atoms. The number of benzene rings is 1. The maximum Gasteiger partial charge on any atom is 0.213 e. The van der Waals surface area contributed by atoms with E-state index in [0.717, 1.165) is 18.4 Å². The number of aromatic nitrogens is 1. The molecule has 168 valence electrons. The van der Waals surface area contributed by atoms with Crippen molar-refractivity contribution in [2.24, 2.45) is 0 Å². The lowest BCUT2D eigenvalue weighted by Crippen LogP contribution is -2.04. The van der Waals surface area contributed by atoms with E-state index in [1.54, 1.807) is 31.6 Å². The molecule has 1 aromatic heterocycles. The zero-order valence-electron chi connectivity index (χ0n) is 16.7. The van der Waals surface area contributed by atoms with Gasteiger partial charge in [-0.1, -0.05) is 46.4 Å². The Labute approximate surface area is 201 Å². The van der Waals surface area contributed by atoms with Crippen molar-refractivity contribution in [1.29, 1.82) is 0 Å². The van der Waals surface area contributed by atoms with E-state index < -0.39 is 0 Å². The third-order valence-electron chi connectivity index (χ3n) is 3.72. The molecule has 0 saturated heterocycles. The predicted molar refractivity (Wildman–Crippen MR) is 125 cm³/mol. The van der Waals surface area contributed by atoms with Crippen molar-refractivity contribution < 1.29 is 19.0 Å². The van der Waals surface area contributed by atoms with Gasteiger partial charge >= 0.3 is 0 Å². The highest BCUT2D eigenvalue weighted by Gasteiger charge is 2.10. The molecule has 6 nitrogen and oxygen atoms in total. The van der Waals surface area contributed by atoms with Gasteiger partial charge in [-0.15, -0.1) is 0 Å². The molecule has 1 aromatic carbocycles. The second kappa shape index (κ2) is 14.3. The third-order valence-corrected chi connectivity index (χ3v) is 4.59. The Balaban J connectivity index is 1.70. The van der Waals surface area contributed by atoms with Gasteiger partial charge in [0.1, 0.15) is 16.8 Å². The molecule has 10 heteroatoms. The minimum absolute atomic E-state index is 0.126. The smallest absolute Gasteiger partial charge is 0.213 e. The van der Waals surface area contributed by atoms with Crippen LogP contribution in [0.3, 0.4) is 0 Å². The van der Waals surface area contributed by atoms with Gasteiger partial charge in [-0.25, -0.2) is 4.98 Å². The highest BCUT2D eigenvalue weighted by molar-refractivity contribution is 6.55. The van der Waals surface area contributed by atoms with Crippen molar-refractivity contribution in [3.63, 3.8) is 0 Å². The lowest BCUT2D eigenvalue weighted by atomic mass is 10.3. The summed E-state index contributed by atoms with van der Waals surface area (Å²) in [5.74, 6) is 1.46. The van der Waals surface area contributed by atoms with Crippen LogP contribution in [0.4, 0.5) is 0 Å². The summed E-state index contributed by atoms with van der Waals surface area (Å²) < 4.78 is 16.9. The van der Waals surface area contributed by atoms with Crippen LogP contribution in [0, 0.1) is 0 Å². The van der Waals surface area contributed by atoms with Crippen molar-refractivity contribution in [1.82, 2.24) is 10.5 Å². The molecule has 0 fully saturated rings. The van der Waals surface area contributed by atoms with Gasteiger partial charge in [0.15, 0.2) is 5.75 Å². The minimum atomic E-state index is 0.126. The average molecular weight is 508 g/mol. The van der Waals surface area contributed by atoms with Gasteiger partial charge < -0.3 is 14.2 Å². The van der Waals surface area contributed by atoms with Crippen molar-refractivity contribution >= 4 is 52.5 Å². The Bertz CT molecular complexity index is 849. The largest absolute Gasteiger partial charge is 0.490 e. The standard InChI is InChI=1S/C21H22Cl4N2O4/c1-28-27-8-6-15-4-5-20(26-14-15)30-9-2-3-10-31-21-17(22)12-16(13-18(21)23)29-11-7-19(24)25/h4-8,12-14,27H,2-3,9-11H2,1H3. The van der Waals surface area contributed by atoms with Gasteiger partial charge in [-0.3, -0.25) is 10.3 Å². The second-order valence-electron chi connectivity index (χ2n) is 6.01. The van der Waals surface area contributed by atoms with E-state index in [0.29, 0.717) is 40.6 Å². The Morgan fingerprint density at radius 2 is 1.74 bits per heavy atom. The number of ether oxygens (including phenoxy) is 3. The maximum absolute atomic E-state index is 6.24. The molecule has 0 amide bonds. The van der Waals surface area contributed by atoms with E-state index in [4.69, 9.17) is 65.5 Å². The number of rotatable bonds is 13. The van der Waals surface area contributed by atoms with Crippen molar-refractivity contribution in [3.05, 3.63) is 62.8 Å². The Hall–Kier alpha value is -1.83. The topological polar surface area (TPSA) is 61.8 Å². The van der Waals surface area contributed by atoms with E-state index in [-0.39, 0.29) is 11.1 Å². The van der Waals surface area contributed by atoms with Crippen LogP contribution in [0.2, 0.25) is 10.0 Å². The highest BCUT2D eigenvalue weighted by Crippen LogP contribution is 2.37. The summed E-state index contributed by atoms with van der Waals surface area (Å²) in [7, 11) is 1.54. The highest BCUT2D eigenvalue weighted by atomic mass is 35.5. The summed E-state index contributed by atoms with van der Waals surface area (Å²) in [6.07, 6.45) is 8.27. The molecule has 0 aliphatic carbocycles. The summed E-state index contributed by atoms with van der Waals surface area (Å²) in [6, 6.07) is 6.95. The molecule has 0 radical (unpaired) electrons. The number of pyridine rings is 1. The first-order valence-corrected chi connectivity index (χ1v) is 10.8. The summed E-state index contributed by atoms with van der Waals surface area (Å²) in [6.45, 7) is 1.16. The van der Waals surface area contributed by atoms with Crippen LogP contribution >= 0.6 is 46.4 Å². The zero-order chi connectivity index (χ0) is 22.5. The van der Waals surface area contributed by atoms with Crippen LogP contribution in [0.15, 0.2) is 47.2 Å². The van der Waals surface area contributed by atoms with E-state index in [2.05, 4.69) is 10.5 Å². The van der Waals surface area contributed by atoms with Gasteiger partial charge in [-0.05, 0) is 36.6 Å². The first-order valence-electron chi connectivity index (χ1n) is 9.29. The van der Waals surface area contributed by atoms with Crippen molar-refractivity contribution in [3.8, 4) is 17.4 Å².